The van der Waals surface area contributed by atoms with Crippen LogP contribution in [-0.2, 0) is 25.7 Å². The second-order valence-corrected chi connectivity index (χ2v) is 8.53. The predicted molar refractivity (Wildman–Crippen MR) is 67.1 cm³/mol. The first-order valence-corrected chi connectivity index (χ1v) is 9.12. The molecule has 6 nitrogen and oxygen atoms in total. The summed E-state index contributed by atoms with van der Waals surface area (Å²) in [6, 6.07) is 8.27. The van der Waals surface area contributed by atoms with Crippen molar-refractivity contribution in [2.24, 2.45) is 0 Å². The standard InChI is InChI=1S/C12H14GeO6/c1-9(14)17-13(18-10(2)15,19-11(3)16)12-7-5-4-6-8-12/h4-8H,1-3H3. The van der Waals surface area contributed by atoms with E-state index in [1.165, 1.54) is 0 Å². The van der Waals surface area contributed by atoms with Gasteiger partial charge in [-0.2, -0.15) is 0 Å². The van der Waals surface area contributed by atoms with Gasteiger partial charge in [-0.1, -0.05) is 0 Å². The molecule has 0 atom stereocenters. The fourth-order valence-corrected chi connectivity index (χ4v) is 6.10. The van der Waals surface area contributed by atoms with Crippen LogP contribution in [0.5, 0.6) is 0 Å². The fourth-order valence-electron chi connectivity index (χ4n) is 1.45. The number of hydrogen-bond acceptors (Lipinski definition) is 6. The van der Waals surface area contributed by atoms with Gasteiger partial charge in [0.2, 0.25) is 0 Å². The van der Waals surface area contributed by atoms with Crippen LogP contribution in [0, 0.1) is 0 Å². The van der Waals surface area contributed by atoms with Gasteiger partial charge in [-0.3, -0.25) is 0 Å². The summed E-state index contributed by atoms with van der Waals surface area (Å²) < 4.78 is 15.7. The third kappa shape index (κ3) is 4.40. The zero-order valence-corrected chi connectivity index (χ0v) is 12.9. The molecule has 7 heteroatoms. The zero-order valence-electron chi connectivity index (χ0n) is 10.8. The van der Waals surface area contributed by atoms with Gasteiger partial charge in [-0.25, -0.2) is 0 Å². The molecule has 0 saturated carbocycles. The van der Waals surface area contributed by atoms with Crippen molar-refractivity contribution in [3.05, 3.63) is 30.3 Å². The Morgan fingerprint density at radius 3 is 1.47 bits per heavy atom. The van der Waals surface area contributed by atoms with Crippen molar-refractivity contribution in [1.29, 1.82) is 0 Å². The first-order valence-electron chi connectivity index (χ1n) is 5.50. The van der Waals surface area contributed by atoms with Crippen LogP contribution in [0.3, 0.4) is 0 Å². The number of hydrogen-bond donors (Lipinski definition) is 0. The van der Waals surface area contributed by atoms with Crippen LogP contribution in [0.4, 0.5) is 0 Å². The van der Waals surface area contributed by atoms with Crippen molar-refractivity contribution in [2.75, 3.05) is 0 Å². The van der Waals surface area contributed by atoms with E-state index in [0.29, 0.717) is 4.40 Å². The van der Waals surface area contributed by atoms with Crippen molar-refractivity contribution in [3.63, 3.8) is 0 Å². The molecular weight excluding hydrogens is 313 g/mol. The summed E-state index contributed by atoms with van der Waals surface area (Å²) in [5.74, 6) is -2.02. The van der Waals surface area contributed by atoms with Crippen molar-refractivity contribution in [1.82, 2.24) is 0 Å². The molecule has 0 aliphatic rings. The second-order valence-electron chi connectivity index (χ2n) is 3.70. The summed E-state index contributed by atoms with van der Waals surface area (Å²) >= 11 is -4.51. The van der Waals surface area contributed by atoms with Gasteiger partial charge < -0.3 is 0 Å². The van der Waals surface area contributed by atoms with Gasteiger partial charge in [-0.15, -0.1) is 0 Å². The van der Waals surface area contributed by atoms with Gasteiger partial charge in [0.1, 0.15) is 0 Å². The summed E-state index contributed by atoms with van der Waals surface area (Å²) in [5, 5.41) is 0. The quantitative estimate of drug-likeness (QED) is 0.751. The Morgan fingerprint density at radius 2 is 1.16 bits per heavy atom. The molecule has 0 spiro atoms. The average Bonchev–Trinajstić information content (AvgIpc) is 2.27. The molecule has 0 aliphatic carbocycles. The average molecular weight is 327 g/mol. The molecule has 1 aromatic rings. The Morgan fingerprint density at radius 1 is 0.789 bits per heavy atom. The first kappa shape index (κ1) is 15.2. The minimum absolute atomic E-state index is 0.406. The van der Waals surface area contributed by atoms with E-state index in [-0.39, 0.29) is 0 Å². The molecule has 0 unspecified atom stereocenters. The molecule has 19 heavy (non-hydrogen) atoms. The predicted octanol–water partition coefficient (Wildman–Crippen LogP) is 0.522. The molecule has 1 rings (SSSR count). The van der Waals surface area contributed by atoms with Crippen molar-refractivity contribution < 1.29 is 25.7 Å². The van der Waals surface area contributed by atoms with E-state index in [2.05, 4.69) is 0 Å². The molecule has 0 saturated heterocycles. The summed E-state index contributed by atoms with van der Waals surface area (Å²) in [5.41, 5.74) is 0. The number of rotatable bonds is 4. The van der Waals surface area contributed by atoms with Crippen LogP contribution in [0.15, 0.2) is 30.3 Å². The van der Waals surface area contributed by atoms with Crippen molar-refractivity contribution >= 4 is 36.6 Å². The zero-order chi connectivity index (χ0) is 14.5. The maximum atomic E-state index is 11.2. The van der Waals surface area contributed by atoms with Gasteiger partial charge >= 0.3 is 113 Å². The van der Waals surface area contributed by atoms with Crippen LogP contribution >= 0.6 is 0 Å². The molecule has 0 N–H and O–H groups in total. The SMILES string of the molecule is CC(=O)[O][Ge]([O]C(C)=O)([O]C(C)=O)[c]1ccccc1. The summed E-state index contributed by atoms with van der Waals surface area (Å²) in [6.07, 6.45) is 0. The van der Waals surface area contributed by atoms with E-state index in [0.717, 1.165) is 20.8 Å². The van der Waals surface area contributed by atoms with E-state index in [1.54, 1.807) is 30.3 Å². The summed E-state index contributed by atoms with van der Waals surface area (Å²) in [4.78, 5) is 33.7. The molecular formula is C12H14GeO6. The molecule has 0 bridgehead atoms. The maximum absolute atomic E-state index is 11.2. The van der Waals surface area contributed by atoms with Crippen LogP contribution in [0.1, 0.15) is 20.8 Å². The van der Waals surface area contributed by atoms with E-state index in [9.17, 15) is 14.4 Å². The summed E-state index contributed by atoms with van der Waals surface area (Å²) in [7, 11) is 0. The Kier molecular flexibility index (Phi) is 5.11. The van der Waals surface area contributed by atoms with E-state index < -0.39 is 32.2 Å². The molecule has 0 aliphatic heterocycles. The van der Waals surface area contributed by atoms with Crippen molar-refractivity contribution in [2.45, 2.75) is 20.8 Å². The van der Waals surface area contributed by atoms with Crippen molar-refractivity contribution in [3.8, 4) is 0 Å². The van der Waals surface area contributed by atoms with Crippen LogP contribution in [0.2, 0.25) is 0 Å². The van der Waals surface area contributed by atoms with E-state index in [4.69, 9.17) is 11.3 Å². The number of carbonyl (C=O) groups is 3. The molecule has 0 heterocycles. The Labute approximate surface area is 114 Å². The first-order chi connectivity index (χ1) is 8.85. The van der Waals surface area contributed by atoms with Gasteiger partial charge in [-0.05, 0) is 0 Å². The molecule has 102 valence electrons. The normalized spacial score (nSPS) is 10.5. The number of benzene rings is 1. The monoisotopic (exact) mass is 328 g/mol. The topological polar surface area (TPSA) is 78.9 Å². The Hall–Kier alpha value is -1.83. The fraction of sp³-hybridized carbons (Fsp3) is 0.250. The van der Waals surface area contributed by atoms with Gasteiger partial charge in [0, 0.05) is 0 Å². The summed E-state index contributed by atoms with van der Waals surface area (Å²) in [6.45, 7) is 3.49. The van der Waals surface area contributed by atoms with Gasteiger partial charge in [0.05, 0.1) is 0 Å². The third-order valence-corrected chi connectivity index (χ3v) is 7.65. The van der Waals surface area contributed by atoms with E-state index in [1.807, 2.05) is 0 Å². The Bertz CT molecular complexity index is 443. The van der Waals surface area contributed by atoms with Crippen LogP contribution in [-0.4, -0.2) is 32.2 Å². The Balaban J connectivity index is 3.28. The molecule has 0 radical (unpaired) electrons. The molecule has 1 aromatic carbocycles. The molecule has 0 aromatic heterocycles. The second kappa shape index (κ2) is 6.37. The minimum atomic E-state index is -4.51. The number of carbonyl (C=O) groups excluding carboxylic acids is 3. The molecule has 0 amide bonds. The molecule has 0 fully saturated rings. The van der Waals surface area contributed by atoms with Gasteiger partial charge in [0.15, 0.2) is 0 Å². The van der Waals surface area contributed by atoms with E-state index >= 15 is 0 Å². The van der Waals surface area contributed by atoms with Crippen LogP contribution < -0.4 is 4.40 Å². The van der Waals surface area contributed by atoms with Gasteiger partial charge in [0.25, 0.3) is 0 Å². The van der Waals surface area contributed by atoms with Crippen LogP contribution in [0.25, 0.3) is 0 Å². The third-order valence-electron chi connectivity index (χ3n) is 1.96.